The molecular formula is C35H41ClN3O6+. The SMILES string of the molecule is COc1cc(NC(=O)C(C)CCc2ccc(NC(=O)OC3C[C@@H]4[C@H]5O[C@H]5[C@H](C3)[N+]4(C)C)c(-c3ccccc3)c2)c(Cl)cc1CO. The third kappa shape index (κ3) is 6.40. The summed E-state index contributed by atoms with van der Waals surface area (Å²) in [5.41, 5.74) is 4.57. The first-order chi connectivity index (χ1) is 21.6. The number of amides is 2. The van der Waals surface area contributed by atoms with Crippen molar-refractivity contribution in [3.05, 3.63) is 76.8 Å². The summed E-state index contributed by atoms with van der Waals surface area (Å²) < 4.78 is 18.1. The van der Waals surface area contributed by atoms with Crippen molar-refractivity contribution in [3.63, 3.8) is 0 Å². The Hall–Kier alpha value is -3.63. The Morgan fingerprint density at radius 3 is 2.40 bits per heavy atom. The number of carbonyl (C=O) groups excluding carboxylic acids is 2. The molecule has 45 heavy (non-hydrogen) atoms. The molecule has 0 aromatic heterocycles. The number of aryl methyl sites for hydroxylation is 1. The van der Waals surface area contributed by atoms with Gasteiger partial charge in [-0.15, -0.1) is 0 Å². The molecule has 2 bridgehead atoms. The monoisotopic (exact) mass is 634 g/mol. The van der Waals surface area contributed by atoms with Gasteiger partial charge < -0.3 is 29.1 Å². The van der Waals surface area contributed by atoms with E-state index < -0.39 is 6.09 Å². The smallest absolute Gasteiger partial charge is 0.411 e. The lowest BCUT2D eigenvalue weighted by molar-refractivity contribution is -0.938. The number of hydrogen-bond donors (Lipinski definition) is 3. The summed E-state index contributed by atoms with van der Waals surface area (Å²) in [6.07, 6.45) is 2.90. The van der Waals surface area contributed by atoms with Gasteiger partial charge in [-0.1, -0.05) is 54.9 Å². The molecule has 3 aliphatic heterocycles. The van der Waals surface area contributed by atoms with E-state index >= 15 is 0 Å². The number of morpholine rings is 1. The first-order valence-corrected chi connectivity index (χ1v) is 15.9. The number of benzene rings is 3. The summed E-state index contributed by atoms with van der Waals surface area (Å²) in [5, 5.41) is 15.8. The van der Waals surface area contributed by atoms with Gasteiger partial charge in [0.25, 0.3) is 0 Å². The number of nitrogens with one attached hydrogen (secondary N) is 2. The Morgan fingerprint density at radius 1 is 1.02 bits per heavy atom. The molecule has 10 heteroatoms. The largest absolute Gasteiger partial charge is 0.496 e. The van der Waals surface area contributed by atoms with Gasteiger partial charge in [0.15, 0.2) is 0 Å². The molecule has 6 atom stereocenters. The fraction of sp³-hybridized carbons (Fsp3) is 0.429. The van der Waals surface area contributed by atoms with Crippen LogP contribution >= 0.6 is 11.6 Å². The van der Waals surface area contributed by atoms with Gasteiger partial charge in [-0.3, -0.25) is 10.1 Å². The minimum absolute atomic E-state index is 0.127. The average Bonchev–Trinajstić information content (AvgIpc) is 3.80. The summed E-state index contributed by atoms with van der Waals surface area (Å²) in [5.74, 6) is -0.0125. The molecule has 3 N–H and O–H groups in total. The molecule has 0 saturated carbocycles. The van der Waals surface area contributed by atoms with E-state index in [1.165, 1.54) is 7.11 Å². The lowest BCUT2D eigenvalue weighted by Crippen LogP contribution is -2.60. The Balaban J connectivity index is 1.10. The predicted octanol–water partition coefficient (Wildman–Crippen LogP) is 6.02. The molecule has 6 rings (SSSR count). The number of nitrogens with zero attached hydrogens (tertiary/aromatic N) is 1. The number of piperidine rings is 1. The lowest BCUT2D eigenvalue weighted by atomic mass is 9.96. The van der Waals surface area contributed by atoms with Crippen molar-refractivity contribution >= 4 is 35.0 Å². The molecule has 238 valence electrons. The number of carbonyl (C=O) groups is 2. The summed E-state index contributed by atoms with van der Waals surface area (Å²) in [6.45, 7) is 1.66. The fourth-order valence-electron chi connectivity index (χ4n) is 7.08. The molecular weight excluding hydrogens is 594 g/mol. The van der Waals surface area contributed by atoms with Crippen molar-refractivity contribution in [3.8, 4) is 16.9 Å². The number of anilines is 2. The van der Waals surface area contributed by atoms with Crippen molar-refractivity contribution in [1.29, 1.82) is 0 Å². The minimum Gasteiger partial charge on any atom is -0.496 e. The van der Waals surface area contributed by atoms with Gasteiger partial charge in [0.2, 0.25) is 5.91 Å². The van der Waals surface area contributed by atoms with Crippen LogP contribution in [0.5, 0.6) is 5.75 Å². The standard InChI is InChI=1S/C35H40ClN3O6/c1-20(34(41)37-28-18-31(43-4)23(19-40)15-26(28)36)10-11-21-12-13-27(25(14-21)22-8-6-5-7-9-22)38-35(42)44-24-16-29-32-33(45-32)30(17-24)39(29,2)3/h5-9,12-15,18,20,24,29-30,32-33,40H,10-11,16-17,19H2,1-4H3,(H-,37,38,41,42)/p+1/t20?,24?,29-,30+,32-,33+. The number of aliphatic hydroxyl groups is 1. The van der Waals surface area contributed by atoms with Gasteiger partial charge in [-0.05, 0) is 42.2 Å². The predicted molar refractivity (Wildman–Crippen MR) is 173 cm³/mol. The van der Waals surface area contributed by atoms with E-state index in [1.807, 2.05) is 49.4 Å². The normalized spacial score (nSPS) is 24.7. The maximum atomic E-state index is 13.1. The van der Waals surface area contributed by atoms with Crippen LogP contribution < -0.4 is 15.4 Å². The molecule has 0 aliphatic carbocycles. The van der Waals surface area contributed by atoms with Crippen LogP contribution in [0.3, 0.4) is 0 Å². The van der Waals surface area contributed by atoms with Gasteiger partial charge in [-0.2, -0.15) is 0 Å². The van der Waals surface area contributed by atoms with Gasteiger partial charge in [0.05, 0.1) is 44.2 Å². The highest BCUT2D eigenvalue weighted by Gasteiger charge is 2.70. The first-order valence-electron chi connectivity index (χ1n) is 15.5. The van der Waals surface area contributed by atoms with Crippen molar-refractivity contribution in [1.82, 2.24) is 0 Å². The number of hydrogen-bond acceptors (Lipinski definition) is 6. The van der Waals surface area contributed by atoms with Crippen LogP contribution in [-0.2, 0) is 27.3 Å². The molecule has 3 fully saturated rings. The van der Waals surface area contributed by atoms with Crippen LogP contribution in [0.15, 0.2) is 60.7 Å². The zero-order chi connectivity index (χ0) is 31.9. The van der Waals surface area contributed by atoms with Crippen molar-refractivity contribution in [2.75, 3.05) is 31.8 Å². The molecule has 0 spiro atoms. The topological polar surface area (TPSA) is 109 Å². The van der Waals surface area contributed by atoms with Gasteiger partial charge >= 0.3 is 6.09 Å². The van der Waals surface area contributed by atoms with Crippen molar-refractivity contribution < 1.29 is 33.4 Å². The van der Waals surface area contributed by atoms with Crippen molar-refractivity contribution in [2.24, 2.45) is 5.92 Å². The number of halogens is 1. The second-order valence-corrected chi connectivity index (χ2v) is 13.3. The van der Waals surface area contributed by atoms with E-state index in [2.05, 4.69) is 30.8 Å². The van der Waals surface area contributed by atoms with Gasteiger partial charge in [0.1, 0.15) is 36.1 Å². The number of likely N-dealkylation sites (N-methyl/N-ethyl adjacent to an activating group) is 1. The molecule has 3 saturated heterocycles. The zero-order valence-electron chi connectivity index (χ0n) is 26.1. The van der Waals surface area contributed by atoms with Crippen LogP contribution in [0.4, 0.5) is 16.2 Å². The molecule has 3 aromatic rings. The van der Waals surface area contributed by atoms with Gasteiger partial charge in [0, 0.05) is 36.0 Å². The minimum atomic E-state index is -0.446. The van der Waals surface area contributed by atoms with Gasteiger partial charge in [-0.25, -0.2) is 4.79 Å². The highest BCUT2D eigenvalue weighted by atomic mass is 35.5. The number of ether oxygens (including phenoxy) is 3. The third-order valence-electron chi connectivity index (χ3n) is 9.83. The summed E-state index contributed by atoms with van der Waals surface area (Å²) in [6, 6.07) is 19.8. The van der Waals surface area contributed by atoms with E-state index in [0.29, 0.717) is 64.8 Å². The molecule has 3 aromatic carbocycles. The Labute approximate surface area is 269 Å². The number of quaternary nitrogens is 1. The molecule has 3 heterocycles. The Bertz CT molecular complexity index is 1560. The third-order valence-corrected chi connectivity index (χ3v) is 10.1. The number of methoxy groups -OCH3 is 1. The zero-order valence-corrected chi connectivity index (χ0v) is 26.8. The number of aliphatic hydroxyl groups excluding tert-OH is 1. The molecule has 2 amide bonds. The van der Waals surface area contributed by atoms with Crippen molar-refractivity contribution in [2.45, 2.75) is 69.6 Å². The number of epoxide rings is 1. The molecule has 0 radical (unpaired) electrons. The highest BCUT2D eigenvalue weighted by molar-refractivity contribution is 6.33. The van der Waals surface area contributed by atoms with Crippen LogP contribution in [-0.4, -0.2) is 73.2 Å². The molecule has 3 aliphatic rings. The Morgan fingerprint density at radius 2 is 1.73 bits per heavy atom. The maximum Gasteiger partial charge on any atom is 0.411 e. The Kier molecular flexibility index (Phi) is 8.81. The highest BCUT2D eigenvalue weighted by Crippen LogP contribution is 2.51. The van der Waals surface area contributed by atoms with E-state index in [4.69, 9.17) is 25.8 Å². The van der Waals surface area contributed by atoms with Crippen LogP contribution in [0.2, 0.25) is 5.02 Å². The number of rotatable bonds is 10. The van der Waals surface area contributed by atoms with Crippen LogP contribution in [0, 0.1) is 5.92 Å². The summed E-state index contributed by atoms with van der Waals surface area (Å²) >= 11 is 6.35. The average molecular weight is 635 g/mol. The summed E-state index contributed by atoms with van der Waals surface area (Å²) in [4.78, 5) is 26.2. The van der Waals surface area contributed by atoms with E-state index in [0.717, 1.165) is 34.0 Å². The fourth-order valence-corrected chi connectivity index (χ4v) is 7.31. The molecule has 2 unspecified atom stereocenters. The van der Waals surface area contributed by atoms with Crippen LogP contribution in [0.25, 0.3) is 11.1 Å². The maximum absolute atomic E-state index is 13.1. The van der Waals surface area contributed by atoms with Crippen LogP contribution in [0.1, 0.15) is 37.3 Å². The quantitative estimate of drug-likeness (QED) is 0.186. The molecule has 9 nitrogen and oxygen atoms in total. The van der Waals surface area contributed by atoms with E-state index in [9.17, 15) is 14.7 Å². The van der Waals surface area contributed by atoms with E-state index in [1.54, 1.807) is 12.1 Å². The second-order valence-electron chi connectivity index (χ2n) is 12.9. The van der Waals surface area contributed by atoms with E-state index in [-0.39, 0.29) is 24.5 Å². The first kappa shape index (κ1) is 31.4. The summed E-state index contributed by atoms with van der Waals surface area (Å²) in [7, 11) is 6.01. The number of fused-ring (bicyclic) bond motifs is 5. The second kappa shape index (κ2) is 12.6. The lowest BCUT2D eigenvalue weighted by Gasteiger charge is -2.45.